The zero-order valence-corrected chi connectivity index (χ0v) is 13.2. The van der Waals surface area contributed by atoms with Gasteiger partial charge >= 0.3 is 0 Å². The molecule has 2 aromatic rings. The minimum Gasteiger partial charge on any atom is -0.494 e. The quantitative estimate of drug-likeness (QED) is 0.812. The lowest BCUT2D eigenvalue weighted by Gasteiger charge is -2.35. The van der Waals surface area contributed by atoms with Gasteiger partial charge in [-0.15, -0.1) is 0 Å². The fraction of sp³-hybridized carbons (Fsp3) is 0.562. The summed E-state index contributed by atoms with van der Waals surface area (Å²) in [6, 6.07) is 6.64. The molecular weight excluding hydrogens is 268 g/mol. The van der Waals surface area contributed by atoms with Gasteiger partial charge in [0.1, 0.15) is 11.3 Å². The molecule has 3 unspecified atom stereocenters. The SMILES string of the molecule is COc1cccc2c1[nH]c(=S)n2C1CCCC(C)C1C. The van der Waals surface area contributed by atoms with Gasteiger partial charge < -0.3 is 14.3 Å². The number of rotatable bonds is 2. The van der Waals surface area contributed by atoms with Crippen LogP contribution in [0.1, 0.15) is 39.2 Å². The number of fused-ring (bicyclic) bond motifs is 1. The van der Waals surface area contributed by atoms with Crippen molar-refractivity contribution in [3.05, 3.63) is 23.0 Å². The van der Waals surface area contributed by atoms with Crippen molar-refractivity contribution in [2.45, 2.75) is 39.2 Å². The summed E-state index contributed by atoms with van der Waals surface area (Å²) in [6.07, 6.45) is 3.83. The second kappa shape index (κ2) is 5.24. The number of methoxy groups -OCH3 is 1. The van der Waals surface area contributed by atoms with Gasteiger partial charge in [-0.2, -0.15) is 0 Å². The van der Waals surface area contributed by atoms with E-state index >= 15 is 0 Å². The fourth-order valence-electron chi connectivity index (χ4n) is 3.54. The highest BCUT2D eigenvalue weighted by atomic mass is 32.1. The van der Waals surface area contributed by atoms with E-state index in [9.17, 15) is 0 Å². The molecule has 1 aliphatic rings. The van der Waals surface area contributed by atoms with Crippen LogP contribution in [0.4, 0.5) is 0 Å². The van der Waals surface area contributed by atoms with Gasteiger partial charge in [0.2, 0.25) is 0 Å². The van der Waals surface area contributed by atoms with E-state index in [-0.39, 0.29) is 0 Å². The molecule has 1 aromatic carbocycles. The van der Waals surface area contributed by atoms with Gasteiger partial charge in [-0.05, 0) is 42.6 Å². The summed E-state index contributed by atoms with van der Waals surface area (Å²) in [7, 11) is 1.70. The third-order valence-corrected chi connectivity index (χ3v) is 5.23. The van der Waals surface area contributed by atoms with Crippen LogP contribution in [0.15, 0.2) is 18.2 Å². The molecule has 0 bridgehead atoms. The minimum atomic E-state index is 0.493. The normalized spacial score (nSPS) is 26.9. The van der Waals surface area contributed by atoms with E-state index in [1.54, 1.807) is 7.11 Å². The molecule has 20 heavy (non-hydrogen) atoms. The minimum absolute atomic E-state index is 0.493. The first-order chi connectivity index (χ1) is 9.63. The number of para-hydroxylation sites is 1. The Bertz CT molecular complexity index is 673. The molecule has 1 saturated carbocycles. The smallest absolute Gasteiger partial charge is 0.178 e. The molecule has 0 saturated heterocycles. The Labute approximate surface area is 125 Å². The Kier molecular flexibility index (Phi) is 3.59. The maximum absolute atomic E-state index is 5.58. The number of hydrogen-bond acceptors (Lipinski definition) is 2. The predicted octanol–water partition coefficient (Wildman–Crippen LogP) is 4.70. The highest BCUT2D eigenvalue weighted by Crippen LogP contribution is 2.40. The van der Waals surface area contributed by atoms with Crippen LogP contribution in [0.5, 0.6) is 5.75 Å². The standard InChI is InChI=1S/C16H22N2OS/c1-10-6-4-7-12(11(10)2)18-13-8-5-9-14(19-3)15(13)17-16(18)20/h5,8-12H,4,6-7H2,1-3H3,(H,17,20). The number of hydrogen-bond donors (Lipinski definition) is 1. The lowest BCUT2D eigenvalue weighted by molar-refractivity contribution is 0.188. The largest absolute Gasteiger partial charge is 0.494 e. The molecule has 0 spiro atoms. The van der Waals surface area contributed by atoms with Crippen molar-refractivity contribution < 1.29 is 4.74 Å². The second-order valence-corrected chi connectivity index (χ2v) is 6.38. The molecule has 1 heterocycles. The molecule has 3 rings (SSSR count). The molecular formula is C16H22N2OS. The van der Waals surface area contributed by atoms with Crippen LogP contribution in [0.2, 0.25) is 0 Å². The van der Waals surface area contributed by atoms with Crippen molar-refractivity contribution in [3.8, 4) is 5.75 Å². The van der Waals surface area contributed by atoms with E-state index in [4.69, 9.17) is 17.0 Å². The van der Waals surface area contributed by atoms with Gasteiger partial charge in [0.25, 0.3) is 0 Å². The molecule has 3 nitrogen and oxygen atoms in total. The first kappa shape index (κ1) is 13.7. The zero-order valence-electron chi connectivity index (χ0n) is 12.3. The van der Waals surface area contributed by atoms with E-state index < -0.39 is 0 Å². The van der Waals surface area contributed by atoms with E-state index in [1.165, 1.54) is 24.8 Å². The maximum atomic E-state index is 5.58. The Morgan fingerprint density at radius 3 is 2.85 bits per heavy atom. The molecule has 4 heteroatoms. The molecule has 108 valence electrons. The molecule has 1 aliphatic carbocycles. The number of nitrogens with one attached hydrogen (secondary N) is 1. The Morgan fingerprint density at radius 2 is 2.10 bits per heavy atom. The number of ether oxygens (including phenoxy) is 1. The van der Waals surface area contributed by atoms with Gasteiger partial charge in [-0.3, -0.25) is 0 Å². The average molecular weight is 290 g/mol. The van der Waals surface area contributed by atoms with Crippen molar-refractivity contribution in [1.82, 2.24) is 9.55 Å². The van der Waals surface area contributed by atoms with Gasteiger partial charge in [-0.25, -0.2) is 0 Å². The predicted molar refractivity (Wildman–Crippen MR) is 84.9 cm³/mol. The summed E-state index contributed by atoms with van der Waals surface area (Å²) < 4.78 is 8.57. The number of aromatic amines is 1. The van der Waals surface area contributed by atoms with Gasteiger partial charge in [0.15, 0.2) is 4.77 Å². The van der Waals surface area contributed by atoms with E-state index in [2.05, 4.69) is 29.5 Å². The summed E-state index contributed by atoms with van der Waals surface area (Å²) in [5.41, 5.74) is 2.19. The fourth-order valence-corrected chi connectivity index (χ4v) is 3.88. The van der Waals surface area contributed by atoms with Crippen LogP contribution in [0.25, 0.3) is 11.0 Å². The third-order valence-electron chi connectivity index (χ3n) is 4.93. The molecule has 1 N–H and O–H groups in total. The van der Waals surface area contributed by atoms with Crippen molar-refractivity contribution >= 4 is 23.3 Å². The third kappa shape index (κ3) is 2.06. The molecule has 0 radical (unpaired) electrons. The van der Waals surface area contributed by atoms with E-state index in [1.807, 2.05) is 12.1 Å². The first-order valence-electron chi connectivity index (χ1n) is 7.40. The van der Waals surface area contributed by atoms with Crippen LogP contribution in [-0.4, -0.2) is 16.7 Å². The van der Waals surface area contributed by atoms with Crippen LogP contribution in [0, 0.1) is 16.6 Å². The number of nitrogens with zero attached hydrogens (tertiary/aromatic N) is 1. The van der Waals surface area contributed by atoms with Crippen molar-refractivity contribution in [2.24, 2.45) is 11.8 Å². The summed E-state index contributed by atoms with van der Waals surface area (Å²) in [5, 5.41) is 0. The van der Waals surface area contributed by atoms with Crippen molar-refractivity contribution in [1.29, 1.82) is 0 Å². The lowest BCUT2D eigenvalue weighted by atomic mass is 9.78. The summed E-state index contributed by atoms with van der Waals surface area (Å²) in [6.45, 7) is 4.71. The summed E-state index contributed by atoms with van der Waals surface area (Å²) >= 11 is 5.58. The average Bonchev–Trinajstić information content (AvgIpc) is 2.78. The second-order valence-electron chi connectivity index (χ2n) is 5.99. The molecule has 1 fully saturated rings. The van der Waals surface area contributed by atoms with Crippen molar-refractivity contribution in [2.75, 3.05) is 7.11 Å². The highest BCUT2D eigenvalue weighted by Gasteiger charge is 2.30. The Morgan fingerprint density at radius 1 is 1.30 bits per heavy atom. The van der Waals surface area contributed by atoms with Crippen LogP contribution < -0.4 is 4.74 Å². The topological polar surface area (TPSA) is 29.9 Å². The molecule has 1 aromatic heterocycles. The summed E-state index contributed by atoms with van der Waals surface area (Å²) in [5.74, 6) is 2.27. The van der Waals surface area contributed by atoms with Crippen LogP contribution in [-0.2, 0) is 0 Å². The summed E-state index contributed by atoms with van der Waals surface area (Å²) in [4.78, 5) is 3.33. The molecule has 0 aliphatic heterocycles. The van der Waals surface area contributed by atoms with Crippen LogP contribution >= 0.6 is 12.2 Å². The zero-order chi connectivity index (χ0) is 14.3. The number of aromatic nitrogens is 2. The highest BCUT2D eigenvalue weighted by molar-refractivity contribution is 7.71. The van der Waals surface area contributed by atoms with Gasteiger partial charge in [0.05, 0.1) is 12.6 Å². The van der Waals surface area contributed by atoms with Crippen LogP contribution in [0.3, 0.4) is 0 Å². The van der Waals surface area contributed by atoms with Crippen molar-refractivity contribution in [3.63, 3.8) is 0 Å². The molecule has 3 atom stereocenters. The number of imidazole rings is 1. The first-order valence-corrected chi connectivity index (χ1v) is 7.81. The number of benzene rings is 1. The van der Waals surface area contributed by atoms with Gasteiger partial charge in [-0.1, -0.05) is 32.8 Å². The Hall–Kier alpha value is -1.29. The molecule has 0 amide bonds. The lowest BCUT2D eigenvalue weighted by Crippen LogP contribution is -2.27. The van der Waals surface area contributed by atoms with Gasteiger partial charge in [0, 0.05) is 6.04 Å². The Balaban J connectivity index is 2.16. The monoisotopic (exact) mass is 290 g/mol. The maximum Gasteiger partial charge on any atom is 0.178 e. The number of H-pyrrole nitrogens is 1. The van der Waals surface area contributed by atoms with E-state index in [0.717, 1.165) is 22.0 Å². The van der Waals surface area contributed by atoms with E-state index in [0.29, 0.717) is 12.0 Å².